The van der Waals surface area contributed by atoms with E-state index in [-0.39, 0.29) is 11.3 Å². The summed E-state index contributed by atoms with van der Waals surface area (Å²) in [5, 5.41) is 1.49. The van der Waals surface area contributed by atoms with Gasteiger partial charge in [0.1, 0.15) is 5.52 Å². The van der Waals surface area contributed by atoms with E-state index in [1.165, 1.54) is 27.5 Å². The van der Waals surface area contributed by atoms with Crippen LogP contribution in [0.2, 0.25) is 19.6 Å². The molecule has 0 bridgehead atoms. The highest BCUT2D eigenvalue weighted by Gasteiger charge is 2.32. The van der Waals surface area contributed by atoms with Gasteiger partial charge in [0.05, 0.1) is 19.3 Å². The van der Waals surface area contributed by atoms with Crippen LogP contribution in [-0.4, -0.2) is 18.0 Å². The van der Waals surface area contributed by atoms with Crippen LogP contribution in [0.4, 0.5) is 0 Å². The summed E-state index contributed by atoms with van der Waals surface area (Å²) < 4.78 is 5.92. The van der Waals surface area contributed by atoms with Crippen molar-refractivity contribution >= 4 is 35.5 Å². The molecule has 3 aromatic carbocycles. The molecule has 0 saturated heterocycles. The lowest BCUT2D eigenvalue weighted by Crippen LogP contribution is -2.37. The average Bonchev–Trinajstić information content (AvgIpc) is 3.45. The van der Waals surface area contributed by atoms with Crippen LogP contribution in [0.5, 0.6) is 0 Å². The van der Waals surface area contributed by atoms with Crippen molar-refractivity contribution < 1.29 is 4.42 Å². The molecule has 0 aliphatic heterocycles. The first kappa shape index (κ1) is 26.4. The molecule has 2 aliphatic rings. The van der Waals surface area contributed by atoms with E-state index in [9.17, 15) is 0 Å². The fourth-order valence-corrected chi connectivity index (χ4v) is 7.03. The number of nitrogens with zero attached hydrogens (tertiary/aromatic N) is 2. The Morgan fingerprint density at radius 1 is 0.738 bits per heavy atom. The molecule has 3 nitrogen and oxygen atoms in total. The van der Waals surface area contributed by atoms with Gasteiger partial charge in [0.15, 0.2) is 5.58 Å². The van der Waals surface area contributed by atoms with Gasteiger partial charge in [-0.15, -0.1) is 0 Å². The molecule has 0 radical (unpaired) electrons. The largest absolute Gasteiger partial charge is 0.436 e. The Hall–Kier alpha value is -4.54. The summed E-state index contributed by atoms with van der Waals surface area (Å²) in [5.41, 5.74) is 9.52. The number of benzene rings is 3. The molecular weight excluding hydrogens is 529 g/mol. The number of para-hydroxylation sites is 2. The lowest BCUT2D eigenvalue weighted by molar-refractivity contribution is 0.456. The van der Waals surface area contributed by atoms with E-state index >= 15 is 0 Å². The second-order valence-corrected chi connectivity index (χ2v) is 17.7. The predicted octanol–water partition coefficient (Wildman–Crippen LogP) is 9.33. The fraction of sp³-hybridized carbons (Fsp3) is 0.158. The lowest BCUT2D eigenvalue weighted by Gasteiger charge is -2.35. The molecule has 0 spiro atoms. The summed E-state index contributed by atoms with van der Waals surface area (Å²) in [6, 6.07) is 30.0. The Labute approximate surface area is 248 Å². The maximum atomic E-state index is 5.92. The van der Waals surface area contributed by atoms with Crippen LogP contribution in [0.3, 0.4) is 0 Å². The molecule has 0 saturated carbocycles. The Balaban J connectivity index is 1.08. The first-order valence-electron chi connectivity index (χ1n) is 14.6. The van der Waals surface area contributed by atoms with Gasteiger partial charge in [-0.05, 0) is 52.1 Å². The molecule has 0 N–H and O–H groups in total. The molecule has 2 unspecified atom stereocenters. The number of pyridine rings is 1. The van der Waals surface area contributed by atoms with Crippen LogP contribution >= 0.6 is 0 Å². The minimum atomic E-state index is -1.29. The van der Waals surface area contributed by atoms with Crippen molar-refractivity contribution in [2.24, 2.45) is 11.3 Å². The third kappa shape index (κ3) is 4.92. The van der Waals surface area contributed by atoms with Gasteiger partial charge in [0.25, 0.3) is 0 Å². The molecular formula is C38H34N2OSi. The minimum Gasteiger partial charge on any atom is -0.436 e. The summed E-state index contributed by atoms with van der Waals surface area (Å²) in [5.74, 6) is 0.880. The highest BCUT2D eigenvalue weighted by molar-refractivity contribution is 6.88. The quantitative estimate of drug-likeness (QED) is 0.200. The molecule has 206 valence electrons. The smallest absolute Gasteiger partial charge is 0.228 e. The van der Waals surface area contributed by atoms with Crippen molar-refractivity contribution in [1.82, 2.24) is 9.97 Å². The van der Waals surface area contributed by atoms with Gasteiger partial charge in [-0.2, -0.15) is 0 Å². The fourth-order valence-electron chi connectivity index (χ4n) is 5.86. The predicted molar refractivity (Wildman–Crippen MR) is 178 cm³/mol. The Kier molecular flexibility index (Phi) is 6.32. The van der Waals surface area contributed by atoms with E-state index in [1.807, 2.05) is 36.5 Å². The zero-order valence-corrected chi connectivity index (χ0v) is 25.5. The van der Waals surface area contributed by atoms with E-state index in [2.05, 4.69) is 123 Å². The summed E-state index contributed by atoms with van der Waals surface area (Å²) in [6.07, 6.45) is 15.7. The highest BCUT2D eigenvalue weighted by atomic mass is 28.3. The molecule has 7 rings (SSSR count). The monoisotopic (exact) mass is 562 g/mol. The van der Waals surface area contributed by atoms with E-state index in [0.717, 1.165) is 27.9 Å². The van der Waals surface area contributed by atoms with Crippen LogP contribution < -0.4 is 5.19 Å². The lowest BCUT2D eigenvalue weighted by atomic mass is 9.68. The van der Waals surface area contributed by atoms with Crippen LogP contribution in [-0.2, 0) is 0 Å². The Bertz CT molecular complexity index is 1870. The van der Waals surface area contributed by atoms with E-state index in [1.54, 1.807) is 0 Å². The van der Waals surface area contributed by atoms with Crippen molar-refractivity contribution in [3.8, 4) is 22.6 Å². The Morgan fingerprint density at radius 2 is 1.43 bits per heavy atom. The number of hydrogen-bond donors (Lipinski definition) is 0. The van der Waals surface area contributed by atoms with Gasteiger partial charge in [-0.3, -0.25) is 4.98 Å². The molecule has 0 amide bonds. The minimum absolute atomic E-state index is 0.105. The maximum absolute atomic E-state index is 5.92. The van der Waals surface area contributed by atoms with E-state index in [0.29, 0.717) is 5.89 Å². The standard InChI is InChI=1S/C38H34N2OSi/c1-38-22-21-29(28-11-9-26(10-12-28)27-14-18-33(19-15-27)42(2,3)4)23-32(38)17-13-30(24-38)34-20-16-31(25-39-34)37-40-35-7-5-6-8-36(35)41-37/h5-25,32H,1-4H3. The van der Waals surface area contributed by atoms with Crippen molar-refractivity contribution in [1.29, 1.82) is 0 Å². The van der Waals surface area contributed by atoms with Gasteiger partial charge < -0.3 is 4.42 Å². The topological polar surface area (TPSA) is 38.9 Å². The van der Waals surface area contributed by atoms with Crippen molar-refractivity contribution in [2.75, 3.05) is 0 Å². The summed E-state index contributed by atoms with van der Waals surface area (Å²) in [6.45, 7) is 9.47. The van der Waals surface area contributed by atoms with E-state index in [4.69, 9.17) is 9.40 Å². The van der Waals surface area contributed by atoms with Crippen LogP contribution in [0.15, 0.2) is 132 Å². The zero-order chi connectivity index (χ0) is 28.9. The van der Waals surface area contributed by atoms with Crippen LogP contribution in [0.25, 0.3) is 44.8 Å². The summed E-state index contributed by atoms with van der Waals surface area (Å²) in [7, 11) is -1.29. The number of fused-ring (bicyclic) bond motifs is 2. The molecule has 5 aromatic rings. The first-order chi connectivity index (χ1) is 20.2. The van der Waals surface area contributed by atoms with Crippen molar-refractivity contribution in [2.45, 2.75) is 26.6 Å². The van der Waals surface area contributed by atoms with Crippen molar-refractivity contribution in [3.63, 3.8) is 0 Å². The number of aromatic nitrogens is 2. The van der Waals surface area contributed by atoms with Gasteiger partial charge in [0.2, 0.25) is 5.89 Å². The van der Waals surface area contributed by atoms with Gasteiger partial charge >= 0.3 is 0 Å². The zero-order valence-electron chi connectivity index (χ0n) is 24.5. The first-order valence-corrected chi connectivity index (χ1v) is 18.1. The summed E-state index contributed by atoms with van der Waals surface area (Å²) in [4.78, 5) is 9.38. The van der Waals surface area contributed by atoms with Gasteiger partial charge in [0, 0.05) is 17.5 Å². The molecule has 42 heavy (non-hydrogen) atoms. The van der Waals surface area contributed by atoms with Crippen LogP contribution in [0.1, 0.15) is 18.2 Å². The molecule has 0 fully saturated rings. The number of oxazole rings is 1. The third-order valence-electron chi connectivity index (χ3n) is 8.55. The maximum Gasteiger partial charge on any atom is 0.228 e. The number of hydrogen-bond acceptors (Lipinski definition) is 3. The molecule has 2 aliphatic carbocycles. The normalized spacial score (nSPS) is 19.9. The molecule has 4 heteroatoms. The molecule has 2 heterocycles. The average molecular weight is 563 g/mol. The summed E-state index contributed by atoms with van der Waals surface area (Å²) >= 11 is 0. The molecule has 2 aromatic heterocycles. The third-order valence-corrected chi connectivity index (χ3v) is 10.6. The second kappa shape index (κ2) is 10.1. The second-order valence-electron chi connectivity index (χ2n) is 12.6. The highest BCUT2D eigenvalue weighted by Crippen LogP contribution is 2.44. The molecule has 2 atom stereocenters. The SMILES string of the molecule is CC12C=CC(c3ccc(-c4ccc([Si](C)(C)C)cc4)cc3)=CC1C=CC(c1ccc(-c3nc4ccccc4o3)cn1)=C2. The van der Waals surface area contributed by atoms with Gasteiger partial charge in [-0.1, -0.05) is 129 Å². The number of rotatable bonds is 5. The van der Waals surface area contributed by atoms with Gasteiger partial charge in [-0.25, -0.2) is 4.98 Å². The van der Waals surface area contributed by atoms with Crippen LogP contribution in [0, 0.1) is 11.3 Å². The van der Waals surface area contributed by atoms with Crippen molar-refractivity contribution in [3.05, 3.63) is 139 Å². The Morgan fingerprint density at radius 3 is 2.12 bits per heavy atom. The number of allylic oxidation sites excluding steroid dienone is 8. The van der Waals surface area contributed by atoms with E-state index < -0.39 is 8.07 Å².